The third-order valence-electron chi connectivity index (χ3n) is 6.75. The summed E-state index contributed by atoms with van der Waals surface area (Å²) in [5.41, 5.74) is 1.78. The van der Waals surface area contributed by atoms with Gasteiger partial charge in [-0.25, -0.2) is 17.9 Å². The van der Waals surface area contributed by atoms with Gasteiger partial charge in [-0.15, -0.1) is 0 Å². The van der Waals surface area contributed by atoms with E-state index in [1.54, 1.807) is 24.3 Å². The zero-order chi connectivity index (χ0) is 28.4. The lowest BCUT2D eigenvalue weighted by molar-refractivity contribution is -0.122. The Hall–Kier alpha value is -4.42. The van der Waals surface area contributed by atoms with Crippen molar-refractivity contribution >= 4 is 27.6 Å². The Morgan fingerprint density at radius 3 is 2.50 bits per heavy atom. The van der Waals surface area contributed by atoms with Crippen molar-refractivity contribution in [3.8, 4) is 17.3 Å². The number of carboxylic acid groups (broad SMARTS) is 1. The number of sulfonamides is 1. The molecule has 1 aliphatic carbocycles. The highest BCUT2D eigenvalue weighted by Crippen LogP contribution is 2.36. The monoisotopic (exact) mass is 564 g/mol. The minimum Gasteiger partial charge on any atom is -0.476 e. The molecule has 2 aromatic carbocycles. The molecule has 0 aliphatic heterocycles. The summed E-state index contributed by atoms with van der Waals surface area (Å²) in [4.78, 5) is 24.2. The summed E-state index contributed by atoms with van der Waals surface area (Å²) in [6.07, 6.45) is 3.99. The molecule has 1 amide bonds. The molecular weight excluding hydrogens is 536 g/mol. The van der Waals surface area contributed by atoms with Gasteiger partial charge in [-0.2, -0.15) is 9.78 Å². The number of ether oxygens (including phenoxy) is 1. The first-order chi connectivity index (χ1) is 19.1. The molecule has 0 radical (unpaired) electrons. The number of carbonyl (C=O) groups excluding carboxylic acids is 1. The van der Waals surface area contributed by atoms with Crippen LogP contribution in [-0.2, 0) is 21.4 Å². The third-order valence-corrected chi connectivity index (χ3v) is 8.17. The van der Waals surface area contributed by atoms with Crippen molar-refractivity contribution in [2.75, 3.05) is 5.32 Å². The predicted octanol–water partition coefficient (Wildman–Crippen LogP) is 4.79. The molecule has 1 saturated carbocycles. The van der Waals surface area contributed by atoms with Crippen molar-refractivity contribution in [3.05, 3.63) is 83.4 Å². The van der Waals surface area contributed by atoms with Crippen LogP contribution in [0.2, 0.25) is 0 Å². The zero-order valence-corrected chi connectivity index (χ0v) is 22.7. The van der Waals surface area contributed by atoms with E-state index in [4.69, 9.17) is 9.15 Å². The number of anilines is 1. The van der Waals surface area contributed by atoms with E-state index in [9.17, 15) is 23.1 Å². The summed E-state index contributed by atoms with van der Waals surface area (Å²) >= 11 is 0. The molecule has 0 bridgehead atoms. The van der Waals surface area contributed by atoms with E-state index >= 15 is 0 Å². The fourth-order valence-corrected chi connectivity index (χ4v) is 5.37. The smallest absolute Gasteiger partial charge is 0.356 e. The first kappa shape index (κ1) is 27.2. The molecule has 1 fully saturated rings. The van der Waals surface area contributed by atoms with E-state index in [2.05, 4.69) is 15.1 Å². The molecule has 0 atom stereocenters. The summed E-state index contributed by atoms with van der Waals surface area (Å²) in [7, 11) is -4.20. The predicted molar refractivity (Wildman–Crippen MR) is 145 cm³/mol. The van der Waals surface area contributed by atoms with Crippen LogP contribution in [0.1, 0.15) is 46.6 Å². The topological polar surface area (TPSA) is 153 Å². The van der Waals surface area contributed by atoms with Crippen LogP contribution in [-0.4, -0.2) is 35.2 Å². The Labute approximate surface area is 230 Å². The number of aryl methyl sites for hydroxylation is 1. The van der Waals surface area contributed by atoms with Gasteiger partial charge in [0.1, 0.15) is 16.4 Å². The van der Waals surface area contributed by atoms with Crippen LogP contribution < -0.4 is 14.8 Å². The Morgan fingerprint density at radius 1 is 1.12 bits per heavy atom. The molecule has 40 heavy (non-hydrogen) atoms. The zero-order valence-electron chi connectivity index (χ0n) is 21.9. The first-order valence-electron chi connectivity index (χ1n) is 12.7. The van der Waals surface area contributed by atoms with Gasteiger partial charge in [0.15, 0.2) is 5.69 Å². The highest BCUT2D eigenvalue weighted by Gasteiger charge is 2.28. The Balaban J connectivity index is 1.55. The lowest BCUT2D eigenvalue weighted by atomic mass is 9.85. The fourth-order valence-electron chi connectivity index (χ4n) is 4.22. The van der Waals surface area contributed by atoms with E-state index in [1.807, 2.05) is 19.1 Å². The average Bonchev–Trinajstić information content (AvgIpc) is 3.51. The van der Waals surface area contributed by atoms with Gasteiger partial charge in [0.25, 0.3) is 0 Å². The highest BCUT2D eigenvalue weighted by molar-refractivity contribution is 7.89. The van der Waals surface area contributed by atoms with Crippen molar-refractivity contribution in [1.82, 2.24) is 14.5 Å². The van der Waals surface area contributed by atoms with Gasteiger partial charge in [0.05, 0.1) is 18.5 Å². The summed E-state index contributed by atoms with van der Waals surface area (Å²) in [6, 6.07) is 14.7. The van der Waals surface area contributed by atoms with E-state index < -0.39 is 16.0 Å². The van der Waals surface area contributed by atoms with Crippen LogP contribution in [0.4, 0.5) is 5.69 Å². The van der Waals surface area contributed by atoms with Crippen molar-refractivity contribution < 1.29 is 32.3 Å². The molecule has 5 rings (SSSR count). The van der Waals surface area contributed by atoms with Crippen molar-refractivity contribution in [2.24, 2.45) is 5.92 Å². The van der Waals surface area contributed by atoms with Gasteiger partial charge < -0.3 is 19.6 Å². The number of nitrogens with zero attached hydrogens (tertiary/aromatic N) is 2. The van der Waals surface area contributed by atoms with Crippen molar-refractivity contribution in [1.29, 1.82) is 0 Å². The molecule has 0 unspecified atom stereocenters. The molecule has 0 spiro atoms. The molecule has 3 N–H and O–H groups in total. The second-order valence-electron chi connectivity index (χ2n) is 9.62. The lowest BCUT2D eigenvalue weighted by Gasteiger charge is -2.24. The number of aromatic carboxylic acids is 1. The van der Waals surface area contributed by atoms with Gasteiger partial charge in [-0.1, -0.05) is 24.1 Å². The van der Waals surface area contributed by atoms with Gasteiger partial charge in [0, 0.05) is 17.2 Å². The maximum atomic E-state index is 13.5. The number of carbonyl (C=O) groups is 2. The quantitative estimate of drug-likeness (QED) is 0.249. The maximum Gasteiger partial charge on any atom is 0.356 e. The van der Waals surface area contributed by atoms with E-state index in [-0.39, 0.29) is 51.8 Å². The maximum absolute atomic E-state index is 13.5. The molecule has 2 heterocycles. The van der Waals surface area contributed by atoms with Crippen LogP contribution in [0.3, 0.4) is 0 Å². The molecule has 0 saturated heterocycles. The van der Waals surface area contributed by atoms with Crippen LogP contribution in [0, 0.1) is 19.8 Å². The average molecular weight is 565 g/mol. The SMILES string of the molecule is Cc1ccc(-n2nc(C(=O)O)c(C)c2Oc2ccc(NC(=O)C3CCC3)cc2S(=O)(=O)NCc2ccco2)cc1. The molecule has 4 aromatic rings. The third kappa shape index (κ3) is 5.63. The Morgan fingerprint density at radius 2 is 1.88 bits per heavy atom. The number of furan rings is 1. The van der Waals surface area contributed by atoms with Crippen LogP contribution >= 0.6 is 0 Å². The van der Waals surface area contributed by atoms with E-state index in [0.717, 1.165) is 24.8 Å². The molecular formula is C28H28N4O7S. The molecule has 1 aliphatic rings. The second-order valence-corrected chi connectivity index (χ2v) is 11.4. The highest BCUT2D eigenvalue weighted by atomic mass is 32.2. The summed E-state index contributed by atoms with van der Waals surface area (Å²) in [5, 5.41) is 16.7. The van der Waals surface area contributed by atoms with Crippen LogP contribution in [0.5, 0.6) is 11.6 Å². The van der Waals surface area contributed by atoms with E-state index in [0.29, 0.717) is 11.4 Å². The normalized spacial score (nSPS) is 13.6. The molecule has 2 aromatic heterocycles. The number of hydrogen-bond acceptors (Lipinski definition) is 7. The van der Waals surface area contributed by atoms with Gasteiger partial charge in [0.2, 0.25) is 21.8 Å². The second kappa shape index (κ2) is 11.0. The van der Waals surface area contributed by atoms with Crippen LogP contribution in [0.15, 0.2) is 70.2 Å². The van der Waals surface area contributed by atoms with Gasteiger partial charge >= 0.3 is 5.97 Å². The summed E-state index contributed by atoms with van der Waals surface area (Å²) in [6.45, 7) is 3.33. The Kier molecular flexibility index (Phi) is 7.46. The Bertz CT molecular complexity index is 1660. The largest absolute Gasteiger partial charge is 0.476 e. The minimum absolute atomic E-state index is 0.0370. The van der Waals surface area contributed by atoms with Gasteiger partial charge in [-0.05, 0) is 69.2 Å². The minimum atomic E-state index is -4.20. The molecule has 11 nitrogen and oxygen atoms in total. The number of carboxylic acids is 1. The molecule has 208 valence electrons. The van der Waals surface area contributed by atoms with Crippen molar-refractivity contribution in [3.63, 3.8) is 0 Å². The van der Waals surface area contributed by atoms with Crippen LogP contribution in [0.25, 0.3) is 5.69 Å². The number of benzene rings is 2. The first-order valence-corrected chi connectivity index (χ1v) is 14.2. The summed E-state index contributed by atoms with van der Waals surface area (Å²) in [5.74, 6) is -1.17. The summed E-state index contributed by atoms with van der Waals surface area (Å²) < 4.78 is 42.2. The lowest BCUT2D eigenvalue weighted by Crippen LogP contribution is -2.28. The number of amides is 1. The van der Waals surface area contributed by atoms with Crippen molar-refractivity contribution in [2.45, 2.75) is 44.6 Å². The fraction of sp³-hybridized carbons (Fsp3) is 0.250. The standard InChI is InChI=1S/C28H28N4O7S/c1-17-8-11-21(12-9-17)32-27(18(2)25(31-32)28(34)35)39-23-13-10-20(30-26(33)19-5-3-6-19)15-24(23)40(36,37)29-16-22-7-4-14-38-22/h4,7-15,19,29H,3,5-6,16H2,1-2H3,(H,30,33)(H,34,35). The number of nitrogens with one attached hydrogen (secondary N) is 2. The number of hydrogen-bond donors (Lipinski definition) is 3. The van der Waals surface area contributed by atoms with E-state index in [1.165, 1.54) is 36.1 Å². The molecule has 12 heteroatoms. The number of rotatable bonds is 10. The number of aromatic nitrogens is 2. The van der Waals surface area contributed by atoms with Gasteiger partial charge in [-0.3, -0.25) is 4.79 Å².